The molecule has 0 radical (unpaired) electrons. The summed E-state index contributed by atoms with van der Waals surface area (Å²) in [6, 6.07) is 0. The summed E-state index contributed by atoms with van der Waals surface area (Å²) in [5, 5.41) is 8.72. The van der Waals surface area contributed by atoms with Crippen molar-refractivity contribution in [3.8, 4) is 0 Å². The first-order valence-electron chi connectivity index (χ1n) is 6.00. The van der Waals surface area contributed by atoms with Gasteiger partial charge in [0.25, 0.3) is 0 Å². The van der Waals surface area contributed by atoms with E-state index in [0.717, 1.165) is 25.7 Å². The van der Waals surface area contributed by atoms with E-state index in [1.807, 2.05) is 0 Å². The first-order valence-corrected chi connectivity index (χ1v) is 7.47. The van der Waals surface area contributed by atoms with Crippen molar-refractivity contribution in [2.75, 3.05) is 0 Å². The average molecular weight is 274 g/mol. The van der Waals surface area contributed by atoms with Crippen molar-refractivity contribution >= 4 is 10.1 Å². The maximum atomic E-state index is 10.6. The van der Waals surface area contributed by atoms with Crippen LogP contribution in [0.25, 0.3) is 0 Å². The Kier molecular flexibility index (Phi) is 12.8. The monoisotopic (exact) mass is 274 g/mol. The molecule has 17 heavy (non-hydrogen) atoms. The summed E-state index contributed by atoms with van der Waals surface area (Å²) in [5.41, 5.74) is 0. The van der Waals surface area contributed by atoms with Gasteiger partial charge < -0.3 is 9.66 Å². The second kappa shape index (κ2) is 10.8. The van der Waals surface area contributed by atoms with Crippen molar-refractivity contribution in [2.45, 2.75) is 70.1 Å². The van der Waals surface area contributed by atoms with Crippen LogP contribution < -0.4 is 29.6 Å². The van der Waals surface area contributed by atoms with Crippen LogP contribution in [0.2, 0.25) is 0 Å². The van der Waals surface area contributed by atoms with E-state index in [-0.39, 0.29) is 35.7 Å². The van der Waals surface area contributed by atoms with Crippen molar-refractivity contribution in [1.82, 2.24) is 0 Å². The third-order valence-corrected chi connectivity index (χ3v) is 4.00. The molecule has 2 atom stereocenters. The van der Waals surface area contributed by atoms with Gasteiger partial charge in [0.2, 0.25) is 0 Å². The first kappa shape index (κ1) is 20.2. The average Bonchev–Trinajstić information content (AvgIpc) is 2.19. The molecule has 0 rings (SSSR count). The van der Waals surface area contributed by atoms with E-state index in [2.05, 4.69) is 6.92 Å². The maximum Gasteiger partial charge on any atom is 1.00 e. The third kappa shape index (κ3) is 11.7. The van der Waals surface area contributed by atoms with Crippen LogP contribution in [0, 0.1) is 0 Å². The third-order valence-electron chi connectivity index (χ3n) is 2.78. The molecule has 0 aliphatic carbocycles. The molecule has 0 saturated heterocycles. The zero-order valence-electron chi connectivity index (χ0n) is 11.2. The Morgan fingerprint density at radius 1 is 1.12 bits per heavy atom. The fourth-order valence-corrected chi connectivity index (χ4v) is 2.00. The van der Waals surface area contributed by atoms with E-state index in [0.29, 0.717) is 19.3 Å². The molecule has 0 fully saturated rings. The standard InChI is InChI=1S/C11H24O4S.Na/c1-3-4-8-11(12)9-6-5-7-10(2)16(13,14)15;/h10-12H,3-9H2,1-2H3,(H,13,14,15);/q;+1/p-1. The Morgan fingerprint density at radius 3 is 2.06 bits per heavy atom. The Morgan fingerprint density at radius 2 is 1.59 bits per heavy atom. The Balaban J connectivity index is 0. The fourth-order valence-electron chi connectivity index (χ4n) is 1.54. The normalized spacial score (nSPS) is 15.1. The molecule has 0 spiro atoms. The Labute approximate surface area is 127 Å². The first-order chi connectivity index (χ1) is 7.38. The van der Waals surface area contributed by atoms with Crippen LogP contribution in [-0.2, 0) is 10.1 Å². The Bertz CT molecular complexity index is 267. The van der Waals surface area contributed by atoms with Crippen LogP contribution >= 0.6 is 0 Å². The van der Waals surface area contributed by atoms with Crippen LogP contribution in [0.3, 0.4) is 0 Å². The Hall–Kier alpha value is 0.870. The molecular formula is C11H23NaO4S. The molecule has 0 bridgehead atoms. The number of hydrogen-bond acceptors (Lipinski definition) is 4. The van der Waals surface area contributed by atoms with Gasteiger partial charge in [0.1, 0.15) is 0 Å². The van der Waals surface area contributed by atoms with Crippen molar-refractivity contribution in [2.24, 2.45) is 0 Å². The van der Waals surface area contributed by atoms with Gasteiger partial charge in [0.15, 0.2) is 0 Å². The molecule has 0 heterocycles. The quantitative estimate of drug-likeness (QED) is 0.333. The molecule has 0 aromatic carbocycles. The molecule has 0 aliphatic rings. The van der Waals surface area contributed by atoms with Gasteiger partial charge in [0, 0.05) is 5.25 Å². The molecule has 4 nitrogen and oxygen atoms in total. The smallest absolute Gasteiger partial charge is 0.748 e. The summed E-state index contributed by atoms with van der Waals surface area (Å²) < 4.78 is 31.8. The largest absolute Gasteiger partial charge is 1.00 e. The molecular weight excluding hydrogens is 251 g/mol. The SMILES string of the molecule is CCCCC(O)CCCCC(C)S(=O)(=O)[O-].[Na+]. The molecule has 1 N–H and O–H groups in total. The van der Waals surface area contributed by atoms with Gasteiger partial charge in [-0.15, -0.1) is 0 Å². The molecule has 2 unspecified atom stereocenters. The summed E-state index contributed by atoms with van der Waals surface area (Å²) >= 11 is 0. The zero-order chi connectivity index (χ0) is 12.6. The molecule has 0 amide bonds. The minimum absolute atomic E-state index is 0. The van der Waals surface area contributed by atoms with E-state index in [1.165, 1.54) is 6.92 Å². The number of aliphatic hydroxyl groups excluding tert-OH is 1. The predicted octanol–water partition coefficient (Wildman–Crippen LogP) is -0.964. The summed E-state index contributed by atoms with van der Waals surface area (Å²) in [6.45, 7) is 3.52. The van der Waals surface area contributed by atoms with Crippen molar-refractivity contribution < 1.29 is 47.6 Å². The van der Waals surface area contributed by atoms with E-state index >= 15 is 0 Å². The van der Waals surface area contributed by atoms with Gasteiger partial charge in [-0.2, -0.15) is 0 Å². The number of unbranched alkanes of at least 4 members (excludes halogenated alkanes) is 2. The summed E-state index contributed by atoms with van der Waals surface area (Å²) in [6.07, 6.45) is 5.19. The van der Waals surface area contributed by atoms with Gasteiger partial charge >= 0.3 is 29.6 Å². The maximum absolute atomic E-state index is 10.6. The van der Waals surface area contributed by atoms with Gasteiger partial charge in [-0.25, -0.2) is 8.42 Å². The van der Waals surface area contributed by atoms with Crippen LogP contribution in [0.15, 0.2) is 0 Å². The number of rotatable bonds is 9. The van der Waals surface area contributed by atoms with Gasteiger partial charge in [-0.05, 0) is 26.2 Å². The second-order valence-corrected chi connectivity index (χ2v) is 6.17. The van der Waals surface area contributed by atoms with E-state index in [4.69, 9.17) is 0 Å². The summed E-state index contributed by atoms with van der Waals surface area (Å²) in [7, 11) is -4.13. The van der Waals surface area contributed by atoms with E-state index in [9.17, 15) is 18.1 Å². The van der Waals surface area contributed by atoms with Gasteiger partial charge in [0.05, 0.1) is 16.2 Å². The van der Waals surface area contributed by atoms with Gasteiger partial charge in [-0.3, -0.25) is 0 Å². The minimum atomic E-state index is -4.13. The fraction of sp³-hybridized carbons (Fsp3) is 1.00. The molecule has 0 aromatic heterocycles. The van der Waals surface area contributed by atoms with Crippen LogP contribution in [0.1, 0.15) is 58.8 Å². The second-order valence-electron chi connectivity index (χ2n) is 4.38. The summed E-state index contributed by atoms with van der Waals surface area (Å²) in [4.78, 5) is 0. The van der Waals surface area contributed by atoms with Crippen LogP contribution in [-0.4, -0.2) is 29.4 Å². The summed E-state index contributed by atoms with van der Waals surface area (Å²) in [5.74, 6) is 0. The van der Waals surface area contributed by atoms with Crippen molar-refractivity contribution in [3.05, 3.63) is 0 Å². The number of hydrogen-bond donors (Lipinski definition) is 1. The van der Waals surface area contributed by atoms with Crippen LogP contribution in [0.5, 0.6) is 0 Å². The van der Waals surface area contributed by atoms with Crippen LogP contribution in [0.4, 0.5) is 0 Å². The molecule has 98 valence electrons. The van der Waals surface area contributed by atoms with Crippen molar-refractivity contribution in [1.29, 1.82) is 0 Å². The van der Waals surface area contributed by atoms with E-state index < -0.39 is 15.4 Å². The van der Waals surface area contributed by atoms with Crippen molar-refractivity contribution in [3.63, 3.8) is 0 Å². The van der Waals surface area contributed by atoms with Gasteiger partial charge in [-0.1, -0.05) is 32.6 Å². The number of aliphatic hydroxyl groups is 1. The molecule has 0 aliphatic heterocycles. The predicted molar refractivity (Wildman–Crippen MR) is 63.2 cm³/mol. The van der Waals surface area contributed by atoms with E-state index in [1.54, 1.807) is 0 Å². The molecule has 0 aromatic rings. The minimum Gasteiger partial charge on any atom is -0.748 e. The zero-order valence-corrected chi connectivity index (χ0v) is 14.0. The molecule has 6 heteroatoms. The topological polar surface area (TPSA) is 77.4 Å². The molecule has 0 saturated carbocycles.